The number of hydrogen-bond acceptors (Lipinski definition) is 2. The number of nitrogens with one attached hydrogen (secondary N) is 1. The van der Waals surface area contributed by atoms with Gasteiger partial charge in [-0.25, -0.2) is 0 Å². The Kier molecular flexibility index (Phi) is 6.68. The Labute approximate surface area is 110 Å². The minimum atomic E-state index is 0.504. The van der Waals surface area contributed by atoms with Crippen molar-refractivity contribution in [2.45, 2.75) is 45.1 Å². The lowest BCUT2D eigenvalue weighted by Gasteiger charge is -2.16. The van der Waals surface area contributed by atoms with Gasteiger partial charge in [0.1, 0.15) is 0 Å². The topological polar surface area (TPSA) is 12.0 Å². The summed E-state index contributed by atoms with van der Waals surface area (Å²) in [6.07, 6.45) is 1.15. The van der Waals surface area contributed by atoms with Crippen LogP contribution in [0.2, 0.25) is 0 Å². The van der Waals surface area contributed by atoms with Crippen molar-refractivity contribution in [3.8, 4) is 0 Å². The van der Waals surface area contributed by atoms with E-state index in [1.165, 1.54) is 16.2 Å². The van der Waals surface area contributed by atoms with Crippen LogP contribution in [-0.4, -0.2) is 12.3 Å². The van der Waals surface area contributed by atoms with Crippen LogP contribution in [0.15, 0.2) is 29.2 Å². The van der Waals surface area contributed by atoms with Gasteiger partial charge in [-0.05, 0) is 36.6 Å². The Morgan fingerprint density at radius 1 is 1.12 bits per heavy atom. The summed E-state index contributed by atoms with van der Waals surface area (Å²) in [5.41, 5.74) is 1.41. The molecular weight excluding hydrogens is 226 g/mol. The lowest BCUT2D eigenvalue weighted by molar-refractivity contribution is 0.537. The summed E-state index contributed by atoms with van der Waals surface area (Å²) in [6.45, 7) is 9.95. The number of rotatable bonds is 7. The van der Waals surface area contributed by atoms with Crippen LogP contribution in [-0.2, 0) is 0 Å². The molecule has 0 bridgehead atoms. The van der Waals surface area contributed by atoms with Crippen LogP contribution in [0.25, 0.3) is 0 Å². The highest BCUT2D eigenvalue weighted by atomic mass is 32.2. The zero-order chi connectivity index (χ0) is 12.7. The second-order valence-electron chi connectivity index (χ2n) is 4.79. The van der Waals surface area contributed by atoms with Crippen LogP contribution >= 0.6 is 11.8 Å². The zero-order valence-corrected chi connectivity index (χ0v) is 12.3. The van der Waals surface area contributed by atoms with Gasteiger partial charge < -0.3 is 5.32 Å². The molecule has 0 aliphatic heterocycles. The van der Waals surface area contributed by atoms with E-state index in [2.05, 4.69) is 57.3 Å². The number of thioether (sulfide) groups is 1. The molecule has 0 saturated heterocycles. The predicted octanol–water partition coefficient (Wildman–Crippen LogP) is 4.50. The lowest BCUT2D eigenvalue weighted by atomic mass is 10.1. The molecule has 1 unspecified atom stereocenters. The van der Waals surface area contributed by atoms with E-state index in [0.29, 0.717) is 6.04 Å². The molecule has 17 heavy (non-hydrogen) atoms. The monoisotopic (exact) mass is 251 g/mol. The minimum Gasteiger partial charge on any atom is -0.310 e. The van der Waals surface area contributed by atoms with Gasteiger partial charge >= 0.3 is 0 Å². The maximum absolute atomic E-state index is 3.51. The van der Waals surface area contributed by atoms with Gasteiger partial charge in [0.2, 0.25) is 0 Å². The van der Waals surface area contributed by atoms with E-state index in [9.17, 15) is 0 Å². The van der Waals surface area contributed by atoms with E-state index in [0.717, 1.165) is 18.9 Å². The molecule has 0 aliphatic carbocycles. The zero-order valence-electron chi connectivity index (χ0n) is 11.5. The fraction of sp³-hybridized carbons (Fsp3) is 0.600. The Morgan fingerprint density at radius 2 is 1.76 bits per heavy atom. The average molecular weight is 251 g/mol. The van der Waals surface area contributed by atoms with Crippen molar-refractivity contribution < 1.29 is 0 Å². The molecule has 0 spiro atoms. The summed E-state index contributed by atoms with van der Waals surface area (Å²) in [4.78, 5) is 1.38. The molecule has 0 aromatic heterocycles. The fourth-order valence-corrected chi connectivity index (χ4v) is 2.66. The summed E-state index contributed by atoms with van der Waals surface area (Å²) in [6, 6.07) is 9.54. The molecule has 2 heteroatoms. The third kappa shape index (κ3) is 5.13. The second kappa shape index (κ2) is 7.78. The summed E-state index contributed by atoms with van der Waals surface area (Å²) in [5.74, 6) is 1.95. The quantitative estimate of drug-likeness (QED) is 0.716. The van der Waals surface area contributed by atoms with Crippen molar-refractivity contribution in [2.24, 2.45) is 5.92 Å². The van der Waals surface area contributed by atoms with Crippen molar-refractivity contribution in [1.82, 2.24) is 5.32 Å². The Balaban J connectivity index is 2.59. The van der Waals surface area contributed by atoms with Crippen molar-refractivity contribution in [3.63, 3.8) is 0 Å². The van der Waals surface area contributed by atoms with E-state index >= 15 is 0 Å². The van der Waals surface area contributed by atoms with Gasteiger partial charge in [-0.1, -0.05) is 39.8 Å². The van der Waals surface area contributed by atoms with Crippen molar-refractivity contribution in [1.29, 1.82) is 0 Å². The van der Waals surface area contributed by atoms with Crippen LogP contribution in [0.3, 0.4) is 0 Å². The molecule has 96 valence electrons. The molecule has 1 atom stereocenters. The maximum atomic E-state index is 3.51. The van der Waals surface area contributed by atoms with E-state index in [1.807, 2.05) is 11.8 Å². The maximum Gasteiger partial charge on any atom is 0.0317 e. The molecule has 1 aromatic rings. The highest BCUT2D eigenvalue weighted by molar-refractivity contribution is 7.99. The Morgan fingerprint density at radius 3 is 2.24 bits per heavy atom. The SMILES string of the molecule is CCNC(CC)c1ccc(SCC(C)C)cc1. The molecule has 1 nitrogen and oxygen atoms in total. The predicted molar refractivity (Wildman–Crippen MR) is 78.7 cm³/mol. The molecule has 0 amide bonds. The molecule has 1 rings (SSSR count). The van der Waals surface area contributed by atoms with Crippen molar-refractivity contribution in [2.75, 3.05) is 12.3 Å². The van der Waals surface area contributed by atoms with Crippen molar-refractivity contribution in [3.05, 3.63) is 29.8 Å². The lowest BCUT2D eigenvalue weighted by Crippen LogP contribution is -2.19. The van der Waals surface area contributed by atoms with Gasteiger partial charge in [0.05, 0.1) is 0 Å². The summed E-state index contributed by atoms with van der Waals surface area (Å²) in [5, 5.41) is 3.51. The number of hydrogen-bond donors (Lipinski definition) is 1. The molecule has 0 fully saturated rings. The van der Waals surface area contributed by atoms with E-state index in [-0.39, 0.29) is 0 Å². The molecule has 0 aliphatic rings. The molecular formula is C15H25NS. The van der Waals surface area contributed by atoms with Gasteiger partial charge in [-0.3, -0.25) is 0 Å². The molecule has 0 radical (unpaired) electrons. The molecule has 0 saturated carbocycles. The fourth-order valence-electron chi connectivity index (χ4n) is 1.80. The normalized spacial score (nSPS) is 13.0. The van der Waals surface area contributed by atoms with Gasteiger partial charge in [-0.15, -0.1) is 11.8 Å². The van der Waals surface area contributed by atoms with Crippen LogP contribution in [0.5, 0.6) is 0 Å². The third-order valence-corrected chi connectivity index (χ3v) is 4.16. The molecule has 1 aromatic carbocycles. The van der Waals surface area contributed by atoms with Gasteiger partial charge in [0.15, 0.2) is 0 Å². The first kappa shape index (κ1) is 14.6. The standard InChI is InChI=1S/C15H25NS/c1-5-15(16-6-2)13-7-9-14(10-8-13)17-11-12(3)4/h7-10,12,15-16H,5-6,11H2,1-4H3. The number of benzene rings is 1. The highest BCUT2D eigenvalue weighted by Gasteiger charge is 2.07. The van der Waals surface area contributed by atoms with Crippen LogP contribution < -0.4 is 5.32 Å². The van der Waals surface area contributed by atoms with E-state index < -0.39 is 0 Å². The first-order chi connectivity index (χ1) is 8.17. The van der Waals surface area contributed by atoms with Crippen LogP contribution in [0.1, 0.15) is 45.7 Å². The van der Waals surface area contributed by atoms with Gasteiger partial charge in [0.25, 0.3) is 0 Å². The van der Waals surface area contributed by atoms with Crippen LogP contribution in [0, 0.1) is 5.92 Å². The minimum absolute atomic E-state index is 0.504. The molecule has 1 N–H and O–H groups in total. The van der Waals surface area contributed by atoms with Crippen molar-refractivity contribution >= 4 is 11.8 Å². The Bertz CT molecular complexity index is 305. The summed E-state index contributed by atoms with van der Waals surface area (Å²) >= 11 is 1.95. The highest BCUT2D eigenvalue weighted by Crippen LogP contribution is 2.23. The first-order valence-electron chi connectivity index (χ1n) is 6.63. The smallest absolute Gasteiger partial charge is 0.0317 e. The largest absolute Gasteiger partial charge is 0.310 e. The average Bonchev–Trinajstić information content (AvgIpc) is 2.34. The summed E-state index contributed by atoms with van der Waals surface area (Å²) in [7, 11) is 0. The van der Waals surface area contributed by atoms with E-state index in [1.54, 1.807) is 0 Å². The van der Waals surface area contributed by atoms with Crippen LogP contribution in [0.4, 0.5) is 0 Å². The van der Waals surface area contributed by atoms with Gasteiger partial charge in [0, 0.05) is 16.7 Å². The Hall–Kier alpha value is -0.470. The summed E-state index contributed by atoms with van der Waals surface area (Å²) < 4.78 is 0. The van der Waals surface area contributed by atoms with Gasteiger partial charge in [-0.2, -0.15) is 0 Å². The third-order valence-electron chi connectivity index (χ3n) is 2.72. The molecule has 0 heterocycles. The second-order valence-corrected chi connectivity index (χ2v) is 5.89. The first-order valence-corrected chi connectivity index (χ1v) is 7.62. The van der Waals surface area contributed by atoms with E-state index in [4.69, 9.17) is 0 Å².